The molecule has 11 heteroatoms. The molecule has 1 heterocycles. The van der Waals surface area contributed by atoms with Crippen LogP contribution in [0.3, 0.4) is 0 Å². The second-order valence-electron chi connectivity index (χ2n) is 5.74. The van der Waals surface area contributed by atoms with Crippen LogP contribution >= 0.6 is 23.2 Å². The molecule has 0 bridgehead atoms. The van der Waals surface area contributed by atoms with Gasteiger partial charge in [-0.3, -0.25) is 10.1 Å². The second kappa shape index (κ2) is 8.72. The first-order valence-corrected chi connectivity index (χ1v) is 8.87. The molecule has 2 aromatic carbocycles. The fourth-order valence-corrected chi connectivity index (χ4v) is 3.02. The Hall–Kier alpha value is -3.43. The molecule has 0 aliphatic rings. The first kappa shape index (κ1) is 20.3. The number of hydrogen-bond acceptors (Lipinski definition) is 6. The molecule has 148 valence electrons. The largest absolute Gasteiger partial charge is 0.359 e. The average molecular weight is 434 g/mol. The lowest BCUT2D eigenvalue weighted by Gasteiger charge is -2.07. The molecule has 0 aliphatic carbocycles. The Morgan fingerprint density at radius 3 is 2.62 bits per heavy atom. The molecule has 0 fully saturated rings. The highest BCUT2D eigenvalue weighted by Crippen LogP contribution is 2.39. The van der Waals surface area contributed by atoms with Gasteiger partial charge in [0.05, 0.1) is 21.2 Å². The van der Waals surface area contributed by atoms with E-state index >= 15 is 0 Å². The van der Waals surface area contributed by atoms with Gasteiger partial charge < -0.3 is 9.84 Å². The van der Waals surface area contributed by atoms with Gasteiger partial charge in [0.15, 0.2) is 5.76 Å². The molecular weight excluding hydrogens is 421 g/mol. The van der Waals surface area contributed by atoms with E-state index in [1.165, 1.54) is 24.4 Å². The summed E-state index contributed by atoms with van der Waals surface area (Å²) in [6.07, 6.45) is 1.28. The quantitative estimate of drug-likeness (QED) is 0.332. The molecule has 1 aromatic heterocycles. The fourth-order valence-electron chi connectivity index (χ4n) is 2.44. The Kier molecular flexibility index (Phi) is 6.10. The number of aromatic nitrogens is 1. The van der Waals surface area contributed by atoms with Crippen molar-refractivity contribution in [3.63, 3.8) is 0 Å². The van der Waals surface area contributed by atoms with Gasteiger partial charge in [0.2, 0.25) is 0 Å². The molecule has 0 atom stereocenters. The molecule has 29 heavy (non-hydrogen) atoms. The van der Waals surface area contributed by atoms with Crippen molar-refractivity contribution in [3.8, 4) is 11.3 Å². The third-order valence-corrected chi connectivity index (χ3v) is 4.39. The summed E-state index contributed by atoms with van der Waals surface area (Å²) in [6.45, 7) is 1.61. The van der Waals surface area contributed by atoms with E-state index in [-0.39, 0.29) is 17.1 Å². The summed E-state index contributed by atoms with van der Waals surface area (Å²) in [4.78, 5) is 22.5. The number of carbonyl (C=O) groups is 1. The van der Waals surface area contributed by atoms with Gasteiger partial charge in [-0.2, -0.15) is 5.10 Å². The monoisotopic (exact) mass is 433 g/mol. The number of benzene rings is 2. The van der Waals surface area contributed by atoms with Crippen molar-refractivity contribution in [3.05, 3.63) is 73.9 Å². The van der Waals surface area contributed by atoms with Crippen molar-refractivity contribution in [1.29, 1.82) is 0 Å². The van der Waals surface area contributed by atoms with E-state index in [0.717, 1.165) is 0 Å². The minimum absolute atomic E-state index is 0.0836. The molecule has 9 nitrogen and oxygen atoms in total. The highest BCUT2D eigenvalue weighted by molar-refractivity contribution is 6.39. The summed E-state index contributed by atoms with van der Waals surface area (Å²) < 4.78 is 5.16. The third-order valence-electron chi connectivity index (χ3n) is 3.76. The zero-order valence-corrected chi connectivity index (χ0v) is 16.4. The summed E-state index contributed by atoms with van der Waals surface area (Å²) in [5.74, 6) is 0.341. The van der Waals surface area contributed by atoms with Crippen LogP contribution in [0.1, 0.15) is 11.3 Å². The SMILES string of the molecule is Cc1onc(-c2c(Cl)cccc2Cl)c1NC(=O)N/N=C/c1cccc([N+](=O)[O-])c1. The Bertz CT molecular complexity index is 1090. The van der Waals surface area contributed by atoms with Gasteiger partial charge in [-0.1, -0.05) is 46.6 Å². The molecule has 0 aliphatic heterocycles. The van der Waals surface area contributed by atoms with E-state index < -0.39 is 11.0 Å². The van der Waals surface area contributed by atoms with Crippen LogP contribution in [-0.4, -0.2) is 22.3 Å². The van der Waals surface area contributed by atoms with Crippen LogP contribution in [0.4, 0.5) is 16.2 Å². The molecular formula is C18H13Cl2N5O4. The van der Waals surface area contributed by atoms with E-state index in [1.807, 2.05) is 0 Å². The van der Waals surface area contributed by atoms with Crippen molar-refractivity contribution in [1.82, 2.24) is 10.6 Å². The highest BCUT2D eigenvalue weighted by Gasteiger charge is 2.21. The number of hydrazone groups is 1. The number of non-ortho nitro benzene ring substituents is 1. The molecule has 0 spiro atoms. The van der Waals surface area contributed by atoms with Crippen molar-refractivity contribution < 1.29 is 14.2 Å². The predicted octanol–water partition coefficient (Wildman–Crippen LogP) is 5.02. The lowest BCUT2D eigenvalue weighted by Crippen LogP contribution is -2.24. The lowest BCUT2D eigenvalue weighted by atomic mass is 10.1. The van der Waals surface area contributed by atoms with Crippen LogP contribution in [0, 0.1) is 17.0 Å². The van der Waals surface area contributed by atoms with Crippen LogP contribution in [0.5, 0.6) is 0 Å². The molecule has 3 aromatic rings. The number of amides is 2. The maximum absolute atomic E-state index is 12.2. The number of nitrogens with zero attached hydrogens (tertiary/aromatic N) is 3. The van der Waals surface area contributed by atoms with E-state index in [2.05, 4.69) is 21.0 Å². The standard InChI is InChI=1S/C18H13Cl2N5O4/c1-10-16(17(24-29-10)15-13(19)6-3-7-14(15)20)22-18(26)23-21-9-11-4-2-5-12(8-11)25(27)28/h2-9H,1H3,(H2,22,23,26)/b21-9+. The minimum atomic E-state index is -0.678. The molecule has 2 amide bonds. The average Bonchev–Trinajstić information content (AvgIpc) is 3.02. The van der Waals surface area contributed by atoms with Gasteiger partial charge in [-0.15, -0.1) is 0 Å². The number of rotatable bonds is 5. The molecule has 2 N–H and O–H groups in total. The molecule has 0 unspecified atom stereocenters. The fraction of sp³-hybridized carbons (Fsp3) is 0.0556. The lowest BCUT2D eigenvalue weighted by molar-refractivity contribution is -0.384. The summed E-state index contributed by atoms with van der Waals surface area (Å²) >= 11 is 12.4. The Labute approximate surface area is 174 Å². The Balaban J connectivity index is 1.74. The van der Waals surface area contributed by atoms with E-state index in [0.29, 0.717) is 26.9 Å². The number of halogens is 2. The third kappa shape index (κ3) is 4.71. The van der Waals surface area contributed by atoms with Crippen LogP contribution in [-0.2, 0) is 0 Å². The number of nitro groups is 1. The number of nitrogens with one attached hydrogen (secondary N) is 2. The predicted molar refractivity (Wildman–Crippen MR) is 110 cm³/mol. The normalized spacial score (nSPS) is 10.9. The van der Waals surface area contributed by atoms with Crippen molar-refractivity contribution in [2.75, 3.05) is 5.32 Å². The Morgan fingerprint density at radius 2 is 1.93 bits per heavy atom. The smallest absolute Gasteiger partial charge is 0.339 e. The number of urea groups is 1. The zero-order valence-electron chi connectivity index (χ0n) is 14.8. The van der Waals surface area contributed by atoms with E-state index in [9.17, 15) is 14.9 Å². The van der Waals surface area contributed by atoms with Crippen LogP contribution in [0.2, 0.25) is 10.0 Å². The number of anilines is 1. The molecule has 3 rings (SSSR count). The van der Waals surface area contributed by atoms with Gasteiger partial charge in [-0.05, 0) is 19.1 Å². The van der Waals surface area contributed by atoms with Crippen molar-refractivity contribution >= 4 is 46.8 Å². The van der Waals surface area contributed by atoms with Gasteiger partial charge in [0, 0.05) is 23.3 Å². The summed E-state index contributed by atoms with van der Waals surface area (Å²) in [5, 5.41) is 21.8. The van der Waals surface area contributed by atoms with Crippen LogP contribution in [0.15, 0.2) is 52.1 Å². The van der Waals surface area contributed by atoms with Crippen LogP contribution in [0.25, 0.3) is 11.3 Å². The summed E-state index contributed by atoms with van der Waals surface area (Å²) in [6, 6.07) is 10.1. The second-order valence-corrected chi connectivity index (χ2v) is 6.55. The topological polar surface area (TPSA) is 123 Å². The molecule has 0 radical (unpaired) electrons. The van der Waals surface area contributed by atoms with Gasteiger partial charge >= 0.3 is 6.03 Å². The minimum Gasteiger partial charge on any atom is -0.359 e. The van der Waals surface area contributed by atoms with Crippen molar-refractivity contribution in [2.24, 2.45) is 5.10 Å². The Morgan fingerprint density at radius 1 is 1.24 bits per heavy atom. The molecule has 0 saturated carbocycles. The first-order chi connectivity index (χ1) is 13.9. The highest BCUT2D eigenvalue weighted by atomic mass is 35.5. The maximum atomic E-state index is 12.2. The van der Waals surface area contributed by atoms with E-state index in [4.69, 9.17) is 27.7 Å². The first-order valence-electron chi connectivity index (χ1n) is 8.12. The van der Waals surface area contributed by atoms with E-state index in [1.54, 1.807) is 31.2 Å². The number of hydrogen-bond donors (Lipinski definition) is 2. The molecule has 0 saturated heterocycles. The maximum Gasteiger partial charge on any atom is 0.339 e. The number of carbonyl (C=O) groups excluding carboxylic acids is 1. The number of aryl methyl sites for hydroxylation is 1. The zero-order chi connectivity index (χ0) is 21.0. The van der Waals surface area contributed by atoms with Gasteiger partial charge in [-0.25, -0.2) is 10.2 Å². The van der Waals surface area contributed by atoms with Gasteiger partial charge in [0.25, 0.3) is 5.69 Å². The number of nitro benzene ring substituents is 1. The van der Waals surface area contributed by atoms with Gasteiger partial charge in [0.1, 0.15) is 11.4 Å². The van der Waals surface area contributed by atoms with Crippen LogP contribution < -0.4 is 10.7 Å². The summed E-state index contributed by atoms with van der Waals surface area (Å²) in [7, 11) is 0. The van der Waals surface area contributed by atoms with Crippen molar-refractivity contribution in [2.45, 2.75) is 6.92 Å². The summed E-state index contributed by atoms with van der Waals surface area (Å²) in [5.41, 5.74) is 3.61.